The van der Waals surface area contributed by atoms with E-state index >= 15 is 4.79 Å². The zero-order valence-electron chi connectivity index (χ0n) is 57.6. The van der Waals surface area contributed by atoms with Gasteiger partial charge >= 0.3 is 5.97 Å². The van der Waals surface area contributed by atoms with E-state index in [9.17, 15) is 58.2 Å². The number of hydrogen-bond donors (Lipinski definition) is 6. The Morgan fingerprint density at radius 1 is 0.477 bits per heavy atom. The number of nitrogens with one attached hydrogen (secondary N) is 4. The maximum atomic E-state index is 15.1. The number of amides is 10. The molecule has 0 radical (unpaired) electrons. The number of rotatable bonds is 17. The highest BCUT2D eigenvalue weighted by Crippen LogP contribution is 2.25. The van der Waals surface area contributed by atoms with Crippen molar-refractivity contribution in [2.24, 2.45) is 47.3 Å². The molecule has 0 aromatic heterocycles. The number of likely N-dealkylation sites (N-methyl/N-ethyl adjacent to an activating group) is 6. The summed E-state index contributed by atoms with van der Waals surface area (Å²) in [6, 6.07) is -12.2. The fourth-order valence-electron chi connectivity index (χ4n) is 10.8. The molecule has 24 nitrogen and oxygen atoms in total. The van der Waals surface area contributed by atoms with Gasteiger partial charge < -0.3 is 65.6 Å². The molecule has 1 aliphatic rings. The van der Waals surface area contributed by atoms with Gasteiger partial charge in [0, 0.05) is 42.3 Å². The maximum Gasteiger partial charge on any atom is 0.329 e. The molecule has 0 bridgehead atoms. The molecule has 88 heavy (non-hydrogen) atoms. The Labute approximate surface area is 525 Å². The zero-order chi connectivity index (χ0) is 68.3. The van der Waals surface area contributed by atoms with Crippen LogP contribution in [0.3, 0.4) is 0 Å². The standard InChI is InChI=1S/C64H114N10O14/c1-25-26-27-41(16)53(77)52-58(81)68-50(43(18)75)61(84)69(19)33-49(76)70(20)46(30-36(6)7)56(79)66-44(28-34(2)3)59(82)71(21)47(31-37(8)9)55(78)65-42(17)64(87)88-54(40(14)15)63(86)72(22)48(32-38(10)11)57(80)67-45(29-35(4)5)60(83)73(23)51(39(12)13)62(85)74(52)24/h25-26,34-48,50-54,75,77H,27-33H2,1-24H3,(H,65,78)(H,66,79)(H,67,80)(H,68,81)/b26-25+/t41-,42-,43-,44+,45+,46-,47+,48-,50+,51+,52+,53+,54?/m1/s1. The fourth-order valence-corrected chi connectivity index (χ4v) is 10.8. The van der Waals surface area contributed by atoms with Gasteiger partial charge in [0.2, 0.25) is 53.2 Å². The van der Waals surface area contributed by atoms with Crippen molar-refractivity contribution in [3.05, 3.63) is 12.2 Å². The first-order valence-corrected chi connectivity index (χ1v) is 31.5. The van der Waals surface area contributed by atoms with Crippen LogP contribution in [0.25, 0.3) is 0 Å². The van der Waals surface area contributed by atoms with Crippen molar-refractivity contribution in [1.29, 1.82) is 0 Å². The first-order valence-electron chi connectivity index (χ1n) is 31.5. The van der Waals surface area contributed by atoms with E-state index in [1.54, 1.807) is 53.7 Å². The minimum absolute atomic E-state index is 0.0804. The van der Waals surface area contributed by atoms with E-state index in [-0.39, 0.29) is 68.1 Å². The van der Waals surface area contributed by atoms with Gasteiger partial charge in [0.05, 0.1) is 18.8 Å². The van der Waals surface area contributed by atoms with Gasteiger partial charge in [0.1, 0.15) is 54.4 Å². The van der Waals surface area contributed by atoms with Crippen LogP contribution in [0.2, 0.25) is 0 Å². The Balaban J connectivity index is 4.41. The first kappa shape index (κ1) is 79.8. The van der Waals surface area contributed by atoms with Gasteiger partial charge in [0.25, 0.3) is 5.91 Å². The lowest BCUT2D eigenvalue weighted by molar-refractivity contribution is -0.166. The van der Waals surface area contributed by atoms with Crippen molar-refractivity contribution in [3.8, 4) is 0 Å². The molecular formula is C64H114N10O14. The largest absolute Gasteiger partial charge is 0.450 e. The highest BCUT2D eigenvalue weighted by Gasteiger charge is 2.46. The van der Waals surface area contributed by atoms with Crippen LogP contribution < -0.4 is 21.3 Å². The Bertz CT molecular complexity index is 2390. The quantitative estimate of drug-likeness (QED) is 0.0900. The normalized spacial score (nSPS) is 26.7. The molecule has 0 aromatic carbocycles. The second-order valence-electron chi connectivity index (χ2n) is 27.3. The molecule has 1 rings (SSSR count). The average molecular weight is 1250 g/mol. The van der Waals surface area contributed by atoms with Crippen molar-refractivity contribution in [1.82, 2.24) is 50.7 Å². The molecule has 24 heteroatoms. The van der Waals surface area contributed by atoms with Gasteiger partial charge in [-0.3, -0.25) is 47.9 Å². The number of nitrogens with zero attached hydrogens (tertiary/aromatic N) is 6. The minimum atomic E-state index is -1.75. The minimum Gasteiger partial charge on any atom is -0.450 e. The second-order valence-corrected chi connectivity index (χ2v) is 27.3. The highest BCUT2D eigenvalue weighted by atomic mass is 16.6. The molecule has 0 aliphatic carbocycles. The van der Waals surface area contributed by atoms with E-state index in [1.165, 1.54) is 70.8 Å². The molecule has 13 atom stereocenters. The molecule has 1 unspecified atom stereocenters. The lowest BCUT2D eigenvalue weighted by atomic mass is 9.91. The number of hydrogen-bond acceptors (Lipinski definition) is 14. The molecule has 1 fully saturated rings. The first-order chi connectivity index (χ1) is 40.5. The van der Waals surface area contributed by atoms with Crippen molar-refractivity contribution >= 4 is 65.0 Å². The van der Waals surface area contributed by atoms with Gasteiger partial charge in [-0.1, -0.05) is 116 Å². The third-order valence-corrected chi connectivity index (χ3v) is 16.1. The van der Waals surface area contributed by atoms with Crippen LogP contribution in [0.5, 0.6) is 0 Å². The van der Waals surface area contributed by atoms with Gasteiger partial charge in [0.15, 0.2) is 6.10 Å². The molecule has 6 N–H and O–H groups in total. The zero-order valence-corrected chi connectivity index (χ0v) is 57.6. The van der Waals surface area contributed by atoms with Crippen LogP contribution in [0.4, 0.5) is 0 Å². The number of esters is 1. The predicted molar refractivity (Wildman–Crippen MR) is 337 cm³/mol. The van der Waals surface area contributed by atoms with Crippen LogP contribution in [-0.4, -0.2) is 226 Å². The van der Waals surface area contributed by atoms with E-state index in [4.69, 9.17) is 4.74 Å². The van der Waals surface area contributed by atoms with E-state index in [0.29, 0.717) is 0 Å². The van der Waals surface area contributed by atoms with E-state index < -0.39 is 162 Å². The van der Waals surface area contributed by atoms with E-state index in [0.717, 1.165) is 14.7 Å². The third kappa shape index (κ3) is 23.3. The Kier molecular flexibility index (Phi) is 33.1. The molecule has 10 amide bonds. The van der Waals surface area contributed by atoms with Gasteiger partial charge in [-0.2, -0.15) is 0 Å². The van der Waals surface area contributed by atoms with Crippen molar-refractivity contribution in [2.45, 2.75) is 236 Å². The number of carbonyl (C=O) groups excluding carboxylic acids is 11. The van der Waals surface area contributed by atoms with Crippen molar-refractivity contribution in [2.75, 3.05) is 48.8 Å². The van der Waals surface area contributed by atoms with Crippen LogP contribution in [0.15, 0.2) is 12.2 Å². The lowest BCUT2D eigenvalue weighted by Gasteiger charge is -2.40. The number of cyclic esters (lactones) is 1. The van der Waals surface area contributed by atoms with Crippen molar-refractivity contribution in [3.63, 3.8) is 0 Å². The molecule has 0 spiro atoms. The van der Waals surface area contributed by atoms with Crippen LogP contribution >= 0.6 is 0 Å². The number of aliphatic hydroxyl groups excluding tert-OH is 2. The van der Waals surface area contributed by atoms with Crippen molar-refractivity contribution < 1.29 is 67.7 Å². The Hall–Kier alpha value is -6.17. The van der Waals surface area contributed by atoms with Gasteiger partial charge in [-0.05, 0) is 107 Å². The smallest absolute Gasteiger partial charge is 0.329 e. The summed E-state index contributed by atoms with van der Waals surface area (Å²) in [4.78, 5) is 167. The lowest BCUT2D eigenvalue weighted by Crippen LogP contribution is -2.64. The Morgan fingerprint density at radius 3 is 1.27 bits per heavy atom. The fraction of sp³-hybridized carbons (Fsp3) is 0.797. The highest BCUT2D eigenvalue weighted by molar-refractivity contribution is 5.99. The van der Waals surface area contributed by atoms with E-state index in [1.807, 2.05) is 69.2 Å². The summed E-state index contributed by atoms with van der Waals surface area (Å²) in [5, 5.41) is 34.2. The SMILES string of the molecule is C/C=C/C[C@@H](C)[C@H](O)[C@H]1C(=O)N[C@@H]([C@@H](C)O)C(=O)N(C)CC(=O)N(C)[C@H](CC(C)C)C(=O)N[C@@H](CC(C)C)C(=O)N(C)[C@@H](CC(C)C)C(=O)N[C@H](C)C(=O)OC(C(C)C)C(=O)N(C)[C@H](CC(C)C)C(=O)N[C@@H](CC(C)C)C(=O)N(C)[C@@H](C(C)C)C(=O)N1C. The topological polar surface area (TPSA) is 305 Å². The van der Waals surface area contributed by atoms with Crippen LogP contribution in [0.1, 0.15) is 163 Å². The summed E-state index contributed by atoms with van der Waals surface area (Å²) in [6.45, 7) is 30.5. The molecule has 0 aromatic rings. The molecule has 1 aliphatic heterocycles. The van der Waals surface area contributed by atoms with Crippen LogP contribution in [0, 0.1) is 47.3 Å². The number of allylic oxidation sites excluding steroid dienone is 2. The monoisotopic (exact) mass is 1250 g/mol. The maximum absolute atomic E-state index is 15.1. The van der Waals surface area contributed by atoms with Gasteiger partial charge in [-0.25, -0.2) is 4.79 Å². The number of carbonyl (C=O) groups is 11. The second kappa shape index (κ2) is 36.5. The molecule has 504 valence electrons. The number of aliphatic hydroxyl groups is 2. The van der Waals surface area contributed by atoms with Gasteiger partial charge in [-0.15, -0.1) is 0 Å². The van der Waals surface area contributed by atoms with E-state index in [2.05, 4.69) is 21.3 Å². The molecule has 0 saturated carbocycles. The molecular weight excluding hydrogens is 1130 g/mol. The van der Waals surface area contributed by atoms with Crippen LogP contribution in [-0.2, 0) is 57.5 Å². The average Bonchev–Trinajstić information content (AvgIpc) is 3.61. The summed E-state index contributed by atoms with van der Waals surface area (Å²) in [5.41, 5.74) is 0. The molecule has 1 saturated heterocycles. The molecule has 1 heterocycles. The summed E-state index contributed by atoms with van der Waals surface area (Å²) < 4.78 is 5.89. The summed E-state index contributed by atoms with van der Waals surface area (Å²) >= 11 is 0. The third-order valence-electron chi connectivity index (χ3n) is 16.1. The summed E-state index contributed by atoms with van der Waals surface area (Å²) in [6.07, 6.45) is -0.368. The summed E-state index contributed by atoms with van der Waals surface area (Å²) in [7, 11) is 8.12. The Morgan fingerprint density at radius 2 is 0.875 bits per heavy atom. The summed E-state index contributed by atoms with van der Waals surface area (Å²) in [5.74, 6) is -11.6. The predicted octanol–water partition coefficient (Wildman–Crippen LogP) is 3.35. The number of ether oxygens (including phenoxy) is 1.